The molecule has 108 valence electrons. The van der Waals surface area contributed by atoms with Crippen LogP contribution in [0.4, 0.5) is 5.69 Å². The Morgan fingerprint density at radius 2 is 2.00 bits per heavy atom. The lowest BCUT2D eigenvalue weighted by atomic mass is 10.0. The van der Waals surface area contributed by atoms with Crippen LogP contribution >= 0.6 is 12.4 Å². The van der Waals surface area contributed by atoms with Gasteiger partial charge < -0.3 is 10.2 Å². The summed E-state index contributed by atoms with van der Waals surface area (Å²) in [5.74, 6) is 0. The quantitative estimate of drug-likeness (QED) is 0.941. The molecule has 1 aliphatic heterocycles. The first-order chi connectivity index (χ1) is 9.40. The van der Waals surface area contributed by atoms with E-state index in [-0.39, 0.29) is 12.4 Å². The van der Waals surface area contributed by atoms with Crippen molar-refractivity contribution in [3.8, 4) is 0 Å². The van der Waals surface area contributed by atoms with Crippen molar-refractivity contribution in [1.82, 2.24) is 10.3 Å². The number of rotatable bonds is 3. The number of hydrogen-bond donors (Lipinski definition) is 1. The van der Waals surface area contributed by atoms with Crippen LogP contribution in [0.1, 0.15) is 19.8 Å². The molecule has 0 aliphatic carbocycles. The predicted octanol–water partition coefficient (Wildman–Crippen LogP) is 3.23. The number of anilines is 1. The molecule has 1 fully saturated rings. The number of fused-ring (bicyclic) bond motifs is 1. The standard InChI is InChI=1S/C16H21N3.ClH/c1-2-19(13-8-11-17-12-9-13)16-7-3-6-15-14(16)5-4-10-18-15;/h3-7,10,13,17H,2,8-9,11-12H2,1H3;1H. The molecule has 2 aromatic rings. The van der Waals surface area contributed by atoms with E-state index >= 15 is 0 Å². The zero-order valence-electron chi connectivity index (χ0n) is 11.9. The van der Waals surface area contributed by atoms with Crippen molar-refractivity contribution in [1.29, 1.82) is 0 Å². The Balaban J connectivity index is 0.00000147. The summed E-state index contributed by atoms with van der Waals surface area (Å²) in [5.41, 5.74) is 2.42. The third kappa shape index (κ3) is 2.89. The molecule has 0 amide bonds. The minimum atomic E-state index is 0. The van der Waals surface area contributed by atoms with E-state index in [9.17, 15) is 0 Å². The Labute approximate surface area is 126 Å². The van der Waals surface area contributed by atoms with Crippen LogP contribution < -0.4 is 10.2 Å². The molecule has 2 heterocycles. The fourth-order valence-corrected chi connectivity index (χ4v) is 3.08. The molecule has 1 aliphatic rings. The van der Waals surface area contributed by atoms with E-state index in [0.717, 1.165) is 25.2 Å². The molecule has 1 saturated heterocycles. The second-order valence-electron chi connectivity index (χ2n) is 5.11. The molecule has 1 aromatic heterocycles. The lowest BCUT2D eigenvalue weighted by Gasteiger charge is -2.36. The molecule has 0 atom stereocenters. The van der Waals surface area contributed by atoms with Crippen molar-refractivity contribution in [2.75, 3.05) is 24.5 Å². The van der Waals surface area contributed by atoms with E-state index in [4.69, 9.17) is 0 Å². The average Bonchev–Trinajstić information content (AvgIpc) is 2.49. The summed E-state index contributed by atoms with van der Waals surface area (Å²) in [6.45, 7) is 5.56. The maximum absolute atomic E-state index is 4.46. The molecular weight excluding hydrogens is 270 g/mol. The molecule has 0 spiro atoms. The van der Waals surface area contributed by atoms with Crippen LogP contribution in [0.5, 0.6) is 0 Å². The number of nitrogens with one attached hydrogen (secondary N) is 1. The van der Waals surface area contributed by atoms with Crippen LogP contribution in [0.3, 0.4) is 0 Å². The molecule has 0 radical (unpaired) electrons. The van der Waals surface area contributed by atoms with E-state index in [1.807, 2.05) is 12.3 Å². The normalized spacial score (nSPS) is 15.8. The monoisotopic (exact) mass is 291 g/mol. The number of hydrogen-bond acceptors (Lipinski definition) is 3. The highest BCUT2D eigenvalue weighted by molar-refractivity contribution is 5.91. The zero-order valence-corrected chi connectivity index (χ0v) is 12.7. The van der Waals surface area contributed by atoms with Crippen LogP contribution in [0.15, 0.2) is 36.5 Å². The minimum Gasteiger partial charge on any atom is -0.368 e. The molecule has 3 nitrogen and oxygen atoms in total. The smallest absolute Gasteiger partial charge is 0.0722 e. The van der Waals surface area contributed by atoms with Gasteiger partial charge in [0, 0.05) is 29.9 Å². The fraction of sp³-hybridized carbons (Fsp3) is 0.438. The predicted molar refractivity (Wildman–Crippen MR) is 87.9 cm³/mol. The molecule has 20 heavy (non-hydrogen) atoms. The van der Waals surface area contributed by atoms with E-state index in [1.54, 1.807) is 0 Å². The van der Waals surface area contributed by atoms with E-state index in [1.165, 1.54) is 23.9 Å². The summed E-state index contributed by atoms with van der Waals surface area (Å²) in [4.78, 5) is 7.01. The summed E-state index contributed by atoms with van der Waals surface area (Å²) in [6, 6.07) is 11.3. The molecule has 1 aromatic carbocycles. The molecule has 0 unspecified atom stereocenters. The van der Waals surface area contributed by atoms with Gasteiger partial charge in [0.05, 0.1) is 5.52 Å². The van der Waals surface area contributed by atoms with Crippen molar-refractivity contribution >= 4 is 29.0 Å². The summed E-state index contributed by atoms with van der Waals surface area (Å²) >= 11 is 0. The Morgan fingerprint density at radius 3 is 2.75 bits per heavy atom. The highest BCUT2D eigenvalue weighted by atomic mass is 35.5. The summed E-state index contributed by atoms with van der Waals surface area (Å²) in [6.07, 6.45) is 4.32. The largest absolute Gasteiger partial charge is 0.368 e. The maximum atomic E-state index is 4.46. The topological polar surface area (TPSA) is 28.2 Å². The summed E-state index contributed by atoms with van der Waals surface area (Å²) in [5, 5.41) is 4.71. The number of benzene rings is 1. The van der Waals surface area contributed by atoms with Gasteiger partial charge in [-0.3, -0.25) is 4.98 Å². The zero-order chi connectivity index (χ0) is 13.1. The van der Waals surface area contributed by atoms with Gasteiger partial charge in [0.2, 0.25) is 0 Å². The molecule has 3 rings (SSSR count). The van der Waals surface area contributed by atoms with Gasteiger partial charge in [0.15, 0.2) is 0 Å². The van der Waals surface area contributed by atoms with Crippen LogP contribution in [0.2, 0.25) is 0 Å². The highest BCUT2D eigenvalue weighted by Gasteiger charge is 2.21. The second kappa shape index (κ2) is 6.91. The second-order valence-corrected chi connectivity index (χ2v) is 5.11. The van der Waals surface area contributed by atoms with Crippen molar-refractivity contribution in [2.45, 2.75) is 25.8 Å². The number of pyridine rings is 1. The summed E-state index contributed by atoms with van der Waals surface area (Å²) in [7, 11) is 0. The molecule has 0 saturated carbocycles. The van der Waals surface area contributed by atoms with Crippen molar-refractivity contribution in [3.05, 3.63) is 36.5 Å². The van der Waals surface area contributed by atoms with Gasteiger partial charge in [-0.1, -0.05) is 6.07 Å². The third-order valence-electron chi connectivity index (χ3n) is 4.02. The van der Waals surface area contributed by atoms with Gasteiger partial charge >= 0.3 is 0 Å². The maximum Gasteiger partial charge on any atom is 0.0722 e. The van der Waals surface area contributed by atoms with Crippen LogP contribution in [-0.4, -0.2) is 30.7 Å². The number of halogens is 1. The van der Waals surface area contributed by atoms with E-state index < -0.39 is 0 Å². The van der Waals surface area contributed by atoms with Crippen LogP contribution in [0, 0.1) is 0 Å². The number of piperidine rings is 1. The van der Waals surface area contributed by atoms with Gasteiger partial charge in [-0.15, -0.1) is 12.4 Å². The lowest BCUT2D eigenvalue weighted by molar-refractivity contribution is 0.434. The first-order valence-electron chi connectivity index (χ1n) is 7.21. The Hall–Kier alpha value is -1.32. The SMILES string of the molecule is CCN(c1cccc2ncccc12)C1CCNCC1.Cl. The molecular formula is C16H22ClN3. The first kappa shape index (κ1) is 15.1. The van der Waals surface area contributed by atoms with Gasteiger partial charge in [0.1, 0.15) is 0 Å². The van der Waals surface area contributed by atoms with Gasteiger partial charge in [-0.25, -0.2) is 0 Å². The van der Waals surface area contributed by atoms with Crippen molar-refractivity contribution in [2.24, 2.45) is 0 Å². The Morgan fingerprint density at radius 1 is 1.20 bits per heavy atom. The van der Waals surface area contributed by atoms with Gasteiger partial charge in [-0.05, 0) is 57.1 Å². The summed E-state index contributed by atoms with van der Waals surface area (Å²) < 4.78 is 0. The average molecular weight is 292 g/mol. The highest BCUT2D eigenvalue weighted by Crippen LogP contribution is 2.28. The molecule has 4 heteroatoms. The Kier molecular flexibility index (Phi) is 5.21. The fourth-order valence-electron chi connectivity index (χ4n) is 3.08. The van der Waals surface area contributed by atoms with Crippen molar-refractivity contribution in [3.63, 3.8) is 0 Å². The number of aromatic nitrogens is 1. The number of nitrogens with zero attached hydrogens (tertiary/aromatic N) is 2. The molecule has 0 bridgehead atoms. The third-order valence-corrected chi connectivity index (χ3v) is 4.02. The first-order valence-corrected chi connectivity index (χ1v) is 7.21. The Bertz CT molecular complexity index is 547. The molecule has 1 N–H and O–H groups in total. The van der Waals surface area contributed by atoms with Gasteiger partial charge in [0.25, 0.3) is 0 Å². The van der Waals surface area contributed by atoms with Crippen LogP contribution in [0.25, 0.3) is 10.9 Å². The van der Waals surface area contributed by atoms with Gasteiger partial charge in [-0.2, -0.15) is 0 Å². The van der Waals surface area contributed by atoms with Crippen LogP contribution in [-0.2, 0) is 0 Å². The van der Waals surface area contributed by atoms with Crippen molar-refractivity contribution < 1.29 is 0 Å². The van der Waals surface area contributed by atoms with E-state index in [2.05, 4.69) is 46.4 Å². The van der Waals surface area contributed by atoms with E-state index in [0.29, 0.717) is 6.04 Å². The minimum absolute atomic E-state index is 0. The lowest BCUT2D eigenvalue weighted by Crippen LogP contribution is -2.43.